The van der Waals surface area contributed by atoms with Gasteiger partial charge in [0, 0.05) is 27.9 Å². The molecular formula is C18H18BrNO3. The zero-order valence-electron chi connectivity index (χ0n) is 13.0. The third kappa shape index (κ3) is 5.14. The van der Waals surface area contributed by atoms with E-state index in [1.807, 2.05) is 37.3 Å². The van der Waals surface area contributed by atoms with Crippen molar-refractivity contribution in [2.45, 2.75) is 6.92 Å². The second kappa shape index (κ2) is 8.39. The van der Waals surface area contributed by atoms with Crippen LogP contribution in [0.4, 0.5) is 5.69 Å². The lowest BCUT2D eigenvalue weighted by atomic mass is 10.2. The van der Waals surface area contributed by atoms with Crippen LogP contribution in [-0.4, -0.2) is 19.6 Å². The molecule has 2 aromatic rings. The van der Waals surface area contributed by atoms with Crippen LogP contribution in [0.5, 0.6) is 11.5 Å². The Morgan fingerprint density at radius 2 is 2.09 bits per heavy atom. The SMILES string of the molecule is CCOc1ccc(Br)cc1/C=C/C(=O)Nc1cccc(OC)c1. The molecule has 23 heavy (non-hydrogen) atoms. The minimum absolute atomic E-state index is 0.222. The predicted octanol–water partition coefficient (Wildman–Crippen LogP) is 4.51. The molecule has 2 rings (SSSR count). The fourth-order valence-electron chi connectivity index (χ4n) is 1.99. The maximum absolute atomic E-state index is 12.0. The van der Waals surface area contributed by atoms with E-state index in [-0.39, 0.29) is 5.91 Å². The van der Waals surface area contributed by atoms with E-state index in [1.165, 1.54) is 6.08 Å². The highest BCUT2D eigenvalue weighted by molar-refractivity contribution is 9.10. The topological polar surface area (TPSA) is 47.6 Å². The van der Waals surface area contributed by atoms with E-state index in [4.69, 9.17) is 9.47 Å². The Kier molecular flexibility index (Phi) is 6.23. The van der Waals surface area contributed by atoms with Crippen LogP contribution in [0.15, 0.2) is 53.0 Å². The molecule has 0 saturated heterocycles. The third-order valence-electron chi connectivity index (χ3n) is 3.02. The van der Waals surface area contributed by atoms with Crippen molar-refractivity contribution < 1.29 is 14.3 Å². The van der Waals surface area contributed by atoms with Crippen molar-refractivity contribution in [1.29, 1.82) is 0 Å². The molecule has 0 radical (unpaired) electrons. The summed E-state index contributed by atoms with van der Waals surface area (Å²) < 4.78 is 11.6. The highest BCUT2D eigenvalue weighted by Crippen LogP contribution is 2.24. The Morgan fingerprint density at radius 3 is 2.83 bits per heavy atom. The number of hydrogen-bond donors (Lipinski definition) is 1. The van der Waals surface area contributed by atoms with Gasteiger partial charge in [-0.15, -0.1) is 0 Å². The van der Waals surface area contributed by atoms with Gasteiger partial charge >= 0.3 is 0 Å². The summed E-state index contributed by atoms with van der Waals surface area (Å²) in [7, 11) is 1.59. The molecule has 0 fully saturated rings. The Bertz CT molecular complexity index is 713. The summed E-state index contributed by atoms with van der Waals surface area (Å²) in [4.78, 5) is 12.0. The quantitative estimate of drug-likeness (QED) is 0.755. The zero-order valence-corrected chi connectivity index (χ0v) is 14.6. The maximum Gasteiger partial charge on any atom is 0.248 e. The molecule has 4 nitrogen and oxygen atoms in total. The number of nitrogens with one attached hydrogen (secondary N) is 1. The molecule has 1 amide bonds. The Morgan fingerprint density at radius 1 is 1.26 bits per heavy atom. The van der Waals surface area contributed by atoms with Gasteiger partial charge in [-0.25, -0.2) is 0 Å². The average molecular weight is 376 g/mol. The van der Waals surface area contributed by atoms with Crippen molar-refractivity contribution in [3.63, 3.8) is 0 Å². The summed E-state index contributed by atoms with van der Waals surface area (Å²) in [5.41, 5.74) is 1.51. The molecule has 0 saturated carbocycles. The molecule has 0 aliphatic carbocycles. The van der Waals surface area contributed by atoms with Gasteiger partial charge in [0.25, 0.3) is 0 Å². The van der Waals surface area contributed by atoms with Gasteiger partial charge in [0.2, 0.25) is 5.91 Å². The number of rotatable bonds is 6. The Labute approximate surface area is 144 Å². The van der Waals surface area contributed by atoms with Crippen molar-refractivity contribution in [3.8, 4) is 11.5 Å². The molecule has 2 aromatic carbocycles. The first-order valence-corrected chi connectivity index (χ1v) is 7.97. The van der Waals surface area contributed by atoms with E-state index < -0.39 is 0 Å². The summed E-state index contributed by atoms with van der Waals surface area (Å²) in [5, 5.41) is 2.79. The first-order valence-electron chi connectivity index (χ1n) is 7.18. The summed E-state index contributed by atoms with van der Waals surface area (Å²) in [5.74, 6) is 1.21. The molecule has 0 aromatic heterocycles. The number of anilines is 1. The third-order valence-corrected chi connectivity index (χ3v) is 3.52. The van der Waals surface area contributed by atoms with E-state index in [9.17, 15) is 4.79 Å². The standard InChI is InChI=1S/C18H18BrNO3/c1-3-23-17-9-8-14(19)11-13(17)7-10-18(21)20-15-5-4-6-16(12-15)22-2/h4-12H,3H2,1-2H3,(H,20,21)/b10-7+. The van der Waals surface area contributed by atoms with E-state index in [0.29, 0.717) is 18.0 Å². The molecule has 0 spiro atoms. The second-order valence-electron chi connectivity index (χ2n) is 4.67. The highest BCUT2D eigenvalue weighted by atomic mass is 79.9. The van der Waals surface area contributed by atoms with Crippen molar-refractivity contribution in [2.75, 3.05) is 19.0 Å². The summed E-state index contributed by atoms with van der Waals surface area (Å²) in [6.45, 7) is 2.49. The lowest BCUT2D eigenvalue weighted by Gasteiger charge is -2.08. The van der Waals surface area contributed by atoms with Crippen LogP contribution in [0, 0.1) is 0 Å². The number of ether oxygens (including phenoxy) is 2. The molecule has 0 unspecified atom stereocenters. The van der Waals surface area contributed by atoms with Gasteiger partial charge in [0.05, 0.1) is 13.7 Å². The van der Waals surface area contributed by atoms with Gasteiger partial charge in [-0.3, -0.25) is 4.79 Å². The second-order valence-corrected chi connectivity index (χ2v) is 5.59. The van der Waals surface area contributed by atoms with Crippen molar-refractivity contribution in [3.05, 3.63) is 58.6 Å². The maximum atomic E-state index is 12.0. The van der Waals surface area contributed by atoms with Crippen LogP contribution in [-0.2, 0) is 4.79 Å². The van der Waals surface area contributed by atoms with Crippen LogP contribution in [0.3, 0.4) is 0 Å². The number of amides is 1. The van der Waals surface area contributed by atoms with Crippen LogP contribution in [0.25, 0.3) is 6.08 Å². The predicted molar refractivity (Wildman–Crippen MR) is 96.0 cm³/mol. The lowest BCUT2D eigenvalue weighted by molar-refractivity contribution is -0.111. The van der Waals surface area contributed by atoms with Gasteiger partial charge in [0.1, 0.15) is 11.5 Å². The van der Waals surface area contributed by atoms with E-state index in [2.05, 4.69) is 21.2 Å². The van der Waals surface area contributed by atoms with Crippen molar-refractivity contribution in [1.82, 2.24) is 0 Å². The number of carbonyl (C=O) groups excluding carboxylic acids is 1. The number of methoxy groups -OCH3 is 1. The molecule has 0 heterocycles. The van der Waals surface area contributed by atoms with Crippen LogP contribution < -0.4 is 14.8 Å². The van der Waals surface area contributed by atoms with Crippen LogP contribution in [0.1, 0.15) is 12.5 Å². The molecule has 0 atom stereocenters. The van der Waals surface area contributed by atoms with E-state index in [0.717, 1.165) is 15.8 Å². The fourth-order valence-corrected chi connectivity index (χ4v) is 2.37. The van der Waals surface area contributed by atoms with Crippen LogP contribution in [0.2, 0.25) is 0 Å². The lowest BCUT2D eigenvalue weighted by Crippen LogP contribution is -2.07. The fraction of sp³-hybridized carbons (Fsp3) is 0.167. The van der Waals surface area contributed by atoms with Crippen LogP contribution >= 0.6 is 15.9 Å². The Balaban J connectivity index is 2.10. The summed E-state index contributed by atoms with van der Waals surface area (Å²) in [6, 6.07) is 12.9. The first-order chi connectivity index (χ1) is 11.1. The number of carbonyl (C=O) groups is 1. The van der Waals surface area contributed by atoms with Gasteiger partial charge in [-0.1, -0.05) is 22.0 Å². The first kappa shape index (κ1) is 17.1. The van der Waals surface area contributed by atoms with Gasteiger partial charge in [-0.2, -0.15) is 0 Å². The molecule has 0 aliphatic heterocycles. The molecule has 120 valence electrons. The van der Waals surface area contributed by atoms with E-state index >= 15 is 0 Å². The molecule has 0 aliphatic rings. The summed E-state index contributed by atoms with van der Waals surface area (Å²) >= 11 is 3.42. The van der Waals surface area contributed by atoms with Crippen molar-refractivity contribution >= 4 is 33.6 Å². The number of hydrogen-bond acceptors (Lipinski definition) is 3. The monoisotopic (exact) mass is 375 g/mol. The minimum atomic E-state index is -0.222. The molecule has 0 bridgehead atoms. The van der Waals surface area contributed by atoms with Gasteiger partial charge < -0.3 is 14.8 Å². The molecule has 5 heteroatoms. The normalized spacial score (nSPS) is 10.6. The minimum Gasteiger partial charge on any atom is -0.497 e. The Hall–Kier alpha value is -2.27. The smallest absolute Gasteiger partial charge is 0.248 e. The van der Waals surface area contributed by atoms with E-state index in [1.54, 1.807) is 25.3 Å². The van der Waals surface area contributed by atoms with Gasteiger partial charge in [-0.05, 0) is 43.3 Å². The average Bonchev–Trinajstić information content (AvgIpc) is 2.55. The molecule has 1 N–H and O–H groups in total. The number of benzene rings is 2. The van der Waals surface area contributed by atoms with Gasteiger partial charge in [0.15, 0.2) is 0 Å². The highest BCUT2D eigenvalue weighted by Gasteiger charge is 2.03. The largest absolute Gasteiger partial charge is 0.497 e. The zero-order chi connectivity index (χ0) is 16.7. The van der Waals surface area contributed by atoms with Crippen molar-refractivity contribution in [2.24, 2.45) is 0 Å². The summed E-state index contributed by atoms with van der Waals surface area (Å²) in [6.07, 6.45) is 3.20. The number of halogens is 1. The molecular weight excluding hydrogens is 358 g/mol.